The second-order valence-corrected chi connectivity index (χ2v) is 4.21. The van der Waals surface area contributed by atoms with Crippen LogP contribution in [-0.4, -0.2) is 15.3 Å². The smallest absolute Gasteiger partial charge is 0.0914 e. The van der Waals surface area contributed by atoms with Gasteiger partial charge in [0.15, 0.2) is 0 Å². The molecular formula is C10H19N3S. The van der Waals surface area contributed by atoms with Crippen LogP contribution in [0.25, 0.3) is 0 Å². The van der Waals surface area contributed by atoms with Crippen LogP contribution in [0.5, 0.6) is 0 Å². The Morgan fingerprint density at radius 1 is 1.50 bits per heavy atom. The minimum Gasteiger partial charge on any atom is -0.308 e. The predicted molar refractivity (Wildman–Crippen MR) is 60.4 cm³/mol. The van der Waals surface area contributed by atoms with Crippen LogP contribution in [0.15, 0.2) is 6.20 Å². The van der Waals surface area contributed by atoms with Gasteiger partial charge in [-0.3, -0.25) is 0 Å². The largest absolute Gasteiger partial charge is 0.308 e. The van der Waals surface area contributed by atoms with Crippen molar-refractivity contribution in [1.82, 2.24) is 14.1 Å². The van der Waals surface area contributed by atoms with Crippen LogP contribution in [0.4, 0.5) is 0 Å². The molecule has 14 heavy (non-hydrogen) atoms. The van der Waals surface area contributed by atoms with Crippen molar-refractivity contribution in [3.8, 4) is 0 Å². The quantitative estimate of drug-likeness (QED) is 0.789. The Bertz CT molecular complexity index is 236. The van der Waals surface area contributed by atoms with E-state index in [0.29, 0.717) is 12.0 Å². The van der Waals surface area contributed by atoms with Crippen molar-refractivity contribution in [2.75, 3.05) is 6.54 Å². The third kappa shape index (κ3) is 3.03. The minimum absolute atomic E-state index is 0.374. The van der Waals surface area contributed by atoms with Gasteiger partial charge < -0.3 is 5.32 Å². The van der Waals surface area contributed by atoms with Gasteiger partial charge in [-0.1, -0.05) is 27.2 Å². The van der Waals surface area contributed by atoms with E-state index in [4.69, 9.17) is 0 Å². The van der Waals surface area contributed by atoms with Gasteiger partial charge >= 0.3 is 0 Å². The van der Waals surface area contributed by atoms with E-state index in [-0.39, 0.29) is 0 Å². The summed E-state index contributed by atoms with van der Waals surface area (Å²) in [5.41, 5.74) is 1.10. The molecule has 1 N–H and O–H groups in total. The molecule has 4 heteroatoms. The summed E-state index contributed by atoms with van der Waals surface area (Å²) in [6.45, 7) is 7.70. The molecule has 2 atom stereocenters. The maximum absolute atomic E-state index is 4.31. The first kappa shape index (κ1) is 11.6. The average Bonchev–Trinajstić information content (AvgIpc) is 2.71. The number of hydrogen-bond donors (Lipinski definition) is 1. The highest BCUT2D eigenvalue weighted by Crippen LogP contribution is 2.22. The zero-order chi connectivity index (χ0) is 10.4. The maximum Gasteiger partial charge on any atom is 0.0914 e. The van der Waals surface area contributed by atoms with Crippen LogP contribution in [0.3, 0.4) is 0 Å². The molecule has 0 spiro atoms. The molecule has 0 fully saturated rings. The monoisotopic (exact) mass is 213 g/mol. The fourth-order valence-corrected chi connectivity index (χ4v) is 1.90. The SMILES string of the molecule is CCCNC(c1cnsn1)C(C)CC. The van der Waals surface area contributed by atoms with E-state index >= 15 is 0 Å². The molecule has 3 nitrogen and oxygen atoms in total. The Kier molecular flexibility index (Phi) is 5.04. The topological polar surface area (TPSA) is 37.8 Å². The Balaban J connectivity index is 2.62. The first-order valence-electron chi connectivity index (χ1n) is 5.30. The fourth-order valence-electron chi connectivity index (χ4n) is 1.44. The van der Waals surface area contributed by atoms with Crippen molar-refractivity contribution < 1.29 is 0 Å². The van der Waals surface area contributed by atoms with Gasteiger partial charge in [0.25, 0.3) is 0 Å². The van der Waals surface area contributed by atoms with E-state index in [1.54, 1.807) is 0 Å². The fraction of sp³-hybridized carbons (Fsp3) is 0.800. The van der Waals surface area contributed by atoms with Gasteiger partial charge in [-0.2, -0.15) is 8.75 Å². The predicted octanol–water partition coefficient (Wildman–Crippen LogP) is 2.62. The highest BCUT2D eigenvalue weighted by atomic mass is 32.1. The zero-order valence-electron chi connectivity index (χ0n) is 9.16. The van der Waals surface area contributed by atoms with E-state index in [1.807, 2.05) is 6.20 Å². The summed E-state index contributed by atoms with van der Waals surface area (Å²) in [6.07, 6.45) is 4.20. The summed E-state index contributed by atoms with van der Waals surface area (Å²) in [5, 5.41) is 3.53. The third-order valence-corrected chi connectivity index (χ3v) is 3.02. The Labute approximate surface area is 90.3 Å². The highest BCUT2D eigenvalue weighted by molar-refractivity contribution is 6.99. The van der Waals surface area contributed by atoms with Crippen LogP contribution in [-0.2, 0) is 0 Å². The van der Waals surface area contributed by atoms with Crippen LogP contribution in [0.2, 0.25) is 0 Å². The van der Waals surface area contributed by atoms with Gasteiger partial charge in [0.05, 0.1) is 29.7 Å². The molecule has 0 saturated carbocycles. The lowest BCUT2D eigenvalue weighted by Crippen LogP contribution is -2.27. The van der Waals surface area contributed by atoms with Crippen molar-refractivity contribution in [2.45, 2.75) is 39.7 Å². The molecule has 0 aliphatic carbocycles. The molecule has 1 rings (SSSR count). The van der Waals surface area contributed by atoms with Crippen molar-refractivity contribution in [1.29, 1.82) is 0 Å². The van der Waals surface area contributed by atoms with Crippen LogP contribution in [0, 0.1) is 5.92 Å². The van der Waals surface area contributed by atoms with E-state index in [2.05, 4.69) is 34.8 Å². The lowest BCUT2D eigenvalue weighted by molar-refractivity contribution is 0.372. The number of rotatable bonds is 6. The number of aromatic nitrogens is 2. The van der Waals surface area contributed by atoms with Gasteiger partial charge in [-0.15, -0.1) is 0 Å². The second-order valence-electron chi connectivity index (χ2n) is 3.65. The van der Waals surface area contributed by atoms with E-state index in [9.17, 15) is 0 Å². The summed E-state index contributed by atoms with van der Waals surface area (Å²) < 4.78 is 8.36. The molecule has 2 unspecified atom stereocenters. The zero-order valence-corrected chi connectivity index (χ0v) is 9.97. The Morgan fingerprint density at radius 3 is 2.79 bits per heavy atom. The molecule has 0 radical (unpaired) electrons. The standard InChI is InChI=1S/C10H19N3S/c1-4-6-11-10(8(3)5-2)9-7-12-14-13-9/h7-8,10-11H,4-6H2,1-3H3. The summed E-state index contributed by atoms with van der Waals surface area (Å²) in [7, 11) is 0. The average molecular weight is 213 g/mol. The van der Waals surface area contributed by atoms with Crippen molar-refractivity contribution in [3.63, 3.8) is 0 Å². The first-order valence-corrected chi connectivity index (χ1v) is 6.03. The molecule has 0 aromatic carbocycles. The number of hydrogen-bond acceptors (Lipinski definition) is 4. The molecule has 1 heterocycles. The highest BCUT2D eigenvalue weighted by Gasteiger charge is 2.19. The van der Waals surface area contributed by atoms with Crippen molar-refractivity contribution in [2.24, 2.45) is 5.92 Å². The molecule has 0 saturated heterocycles. The van der Waals surface area contributed by atoms with E-state index in [1.165, 1.54) is 18.1 Å². The van der Waals surface area contributed by atoms with Gasteiger partial charge in [0.2, 0.25) is 0 Å². The lowest BCUT2D eigenvalue weighted by Gasteiger charge is -2.21. The third-order valence-electron chi connectivity index (χ3n) is 2.52. The van der Waals surface area contributed by atoms with Crippen molar-refractivity contribution in [3.05, 3.63) is 11.9 Å². The molecule has 1 aromatic rings. The molecule has 1 aromatic heterocycles. The van der Waals surface area contributed by atoms with Gasteiger partial charge in [-0.05, 0) is 18.9 Å². The minimum atomic E-state index is 0.374. The Hall–Kier alpha value is -0.480. The number of nitrogens with one attached hydrogen (secondary N) is 1. The van der Waals surface area contributed by atoms with Crippen LogP contribution >= 0.6 is 11.7 Å². The molecule has 0 amide bonds. The van der Waals surface area contributed by atoms with E-state index < -0.39 is 0 Å². The molecule has 80 valence electrons. The lowest BCUT2D eigenvalue weighted by atomic mass is 9.97. The second kappa shape index (κ2) is 6.09. The van der Waals surface area contributed by atoms with Crippen molar-refractivity contribution >= 4 is 11.7 Å². The van der Waals surface area contributed by atoms with Gasteiger partial charge in [0.1, 0.15) is 0 Å². The summed E-state index contributed by atoms with van der Waals surface area (Å²) >= 11 is 1.29. The first-order chi connectivity index (χ1) is 6.79. The Morgan fingerprint density at radius 2 is 2.29 bits per heavy atom. The normalized spacial score (nSPS) is 15.4. The number of nitrogens with zero attached hydrogens (tertiary/aromatic N) is 2. The van der Waals surface area contributed by atoms with Crippen LogP contribution in [0.1, 0.15) is 45.3 Å². The van der Waals surface area contributed by atoms with Gasteiger partial charge in [-0.25, -0.2) is 0 Å². The van der Waals surface area contributed by atoms with Crippen LogP contribution < -0.4 is 5.32 Å². The van der Waals surface area contributed by atoms with E-state index in [0.717, 1.165) is 18.7 Å². The molecule has 0 bridgehead atoms. The summed E-state index contributed by atoms with van der Waals surface area (Å²) in [4.78, 5) is 0. The molecule has 0 aliphatic rings. The summed E-state index contributed by atoms with van der Waals surface area (Å²) in [6, 6.07) is 0.374. The van der Waals surface area contributed by atoms with Gasteiger partial charge in [0, 0.05) is 0 Å². The maximum atomic E-state index is 4.31. The molecule has 0 aliphatic heterocycles. The summed E-state index contributed by atoms with van der Waals surface area (Å²) in [5.74, 6) is 0.616. The molecular weight excluding hydrogens is 194 g/mol.